The Hall–Kier alpha value is -3.33. The van der Waals surface area contributed by atoms with Crippen LogP contribution in [-0.2, 0) is 4.79 Å². The molecule has 2 aromatic rings. The molecule has 2 fully saturated rings. The normalized spacial score (nSPS) is 21.5. The molecule has 2 atom stereocenters. The highest BCUT2D eigenvalue weighted by atomic mass is 16.4. The number of aromatic nitrogens is 1. The summed E-state index contributed by atoms with van der Waals surface area (Å²) >= 11 is 0. The maximum atomic E-state index is 13.2. The molecule has 0 radical (unpaired) electrons. The summed E-state index contributed by atoms with van der Waals surface area (Å²) in [6.45, 7) is 2.75. The smallest absolute Gasteiger partial charge is 0.320 e. The fourth-order valence-electron chi connectivity index (χ4n) is 4.91. The Morgan fingerprint density at radius 2 is 2.24 bits per heavy atom. The maximum absolute atomic E-state index is 13.2. The van der Waals surface area contributed by atoms with Crippen LogP contribution in [0.5, 0.6) is 0 Å². The molecule has 0 spiro atoms. The van der Waals surface area contributed by atoms with E-state index in [1.807, 2.05) is 4.90 Å². The monoisotopic (exact) mass is 451 g/mol. The van der Waals surface area contributed by atoms with Gasteiger partial charge in [0.15, 0.2) is 5.58 Å². The quantitative estimate of drug-likeness (QED) is 0.566. The molecular weight excluding hydrogens is 422 g/mol. The van der Waals surface area contributed by atoms with Gasteiger partial charge in [0.1, 0.15) is 5.52 Å². The summed E-state index contributed by atoms with van der Waals surface area (Å²) in [7, 11) is 0. The van der Waals surface area contributed by atoms with Crippen molar-refractivity contribution in [2.24, 2.45) is 0 Å². The van der Waals surface area contributed by atoms with Gasteiger partial charge in [-0.05, 0) is 55.5 Å². The highest BCUT2D eigenvalue weighted by Gasteiger charge is 2.35. The minimum Gasteiger partial charge on any atom is -0.481 e. The summed E-state index contributed by atoms with van der Waals surface area (Å²) in [5.41, 5.74) is 4.56. The standard InChI is InChI=1S/C24H29N5O4/c30-22(31)14-20(17-13-21-19(26-15-17)7-12-33-21)29-11-10-28(24(29)32)9-2-4-18-6-5-16-3-1-8-25-23(16)27-18/h5-7,12-13,15,20,23,25,27H,1-4,8-11,14H2,(H,30,31)/t20-,23?/m0/s1. The molecule has 0 aromatic carbocycles. The first kappa shape index (κ1) is 21.5. The van der Waals surface area contributed by atoms with E-state index in [0.717, 1.165) is 25.8 Å². The van der Waals surface area contributed by atoms with Gasteiger partial charge in [-0.15, -0.1) is 0 Å². The minimum absolute atomic E-state index is 0.123. The maximum Gasteiger partial charge on any atom is 0.320 e. The molecule has 5 rings (SSSR count). The predicted octanol–water partition coefficient (Wildman–Crippen LogP) is 2.98. The highest BCUT2D eigenvalue weighted by molar-refractivity contribution is 5.79. The predicted molar refractivity (Wildman–Crippen MR) is 122 cm³/mol. The van der Waals surface area contributed by atoms with Gasteiger partial charge < -0.3 is 24.6 Å². The number of furan rings is 1. The number of pyridine rings is 1. The molecule has 0 aliphatic carbocycles. The Morgan fingerprint density at radius 1 is 1.33 bits per heavy atom. The van der Waals surface area contributed by atoms with E-state index in [1.54, 1.807) is 29.5 Å². The van der Waals surface area contributed by atoms with E-state index in [1.165, 1.54) is 17.7 Å². The molecule has 2 saturated heterocycles. The zero-order valence-electron chi connectivity index (χ0n) is 18.5. The van der Waals surface area contributed by atoms with Crippen LogP contribution in [0, 0.1) is 0 Å². The van der Waals surface area contributed by atoms with E-state index in [0.29, 0.717) is 36.3 Å². The third-order valence-corrected chi connectivity index (χ3v) is 6.64. The molecule has 0 bridgehead atoms. The number of hydrogen-bond acceptors (Lipinski definition) is 6. The minimum atomic E-state index is -0.954. The second-order valence-corrected chi connectivity index (χ2v) is 8.82. The number of rotatable bonds is 8. The van der Waals surface area contributed by atoms with Crippen molar-refractivity contribution in [3.05, 3.63) is 53.6 Å². The topological polar surface area (TPSA) is 111 Å². The van der Waals surface area contributed by atoms with Crippen LogP contribution in [0.3, 0.4) is 0 Å². The first-order valence-electron chi connectivity index (χ1n) is 11.6. The average molecular weight is 452 g/mol. The van der Waals surface area contributed by atoms with Gasteiger partial charge in [-0.1, -0.05) is 6.08 Å². The van der Waals surface area contributed by atoms with E-state index < -0.39 is 12.0 Å². The lowest BCUT2D eigenvalue weighted by molar-refractivity contribution is -0.138. The van der Waals surface area contributed by atoms with Gasteiger partial charge in [0.25, 0.3) is 0 Å². The lowest BCUT2D eigenvalue weighted by Crippen LogP contribution is -2.47. The summed E-state index contributed by atoms with van der Waals surface area (Å²) in [5, 5.41) is 16.5. The number of hydrogen-bond donors (Lipinski definition) is 3. The number of urea groups is 1. The fourth-order valence-corrected chi connectivity index (χ4v) is 4.91. The number of amides is 2. The molecule has 9 heteroatoms. The lowest BCUT2D eigenvalue weighted by atomic mass is 9.99. The van der Waals surface area contributed by atoms with Crippen molar-refractivity contribution in [3.63, 3.8) is 0 Å². The summed E-state index contributed by atoms with van der Waals surface area (Å²) in [6.07, 6.45) is 11.6. The Kier molecular flexibility index (Phi) is 6.04. The number of nitrogens with zero attached hydrogens (tertiary/aromatic N) is 3. The number of carboxylic acids is 1. The number of allylic oxidation sites excluding steroid dienone is 3. The summed E-state index contributed by atoms with van der Waals surface area (Å²) in [6, 6.07) is 2.84. The third kappa shape index (κ3) is 4.59. The van der Waals surface area contributed by atoms with Crippen molar-refractivity contribution in [2.45, 2.75) is 44.3 Å². The second kappa shape index (κ2) is 9.27. The van der Waals surface area contributed by atoms with Gasteiger partial charge >= 0.3 is 12.0 Å². The van der Waals surface area contributed by atoms with Gasteiger partial charge in [-0.2, -0.15) is 0 Å². The van der Waals surface area contributed by atoms with Gasteiger partial charge in [-0.25, -0.2) is 4.79 Å². The van der Waals surface area contributed by atoms with Gasteiger partial charge in [-0.3, -0.25) is 15.1 Å². The van der Waals surface area contributed by atoms with Crippen molar-refractivity contribution in [1.82, 2.24) is 25.4 Å². The van der Waals surface area contributed by atoms with E-state index in [9.17, 15) is 14.7 Å². The molecule has 3 N–H and O–H groups in total. The summed E-state index contributed by atoms with van der Waals surface area (Å²) in [5.74, 6) is -0.954. The number of carbonyl (C=O) groups is 2. The van der Waals surface area contributed by atoms with Crippen LogP contribution in [0.2, 0.25) is 0 Å². The number of fused-ring (bicyclic) bond motifs is 2. The first-order chi connectivity index (χ1) is 16.1. The molecule has 3 aliphatic heterocycles. The van der Waals surface area contributed by atoms with Crippen molar-refractivity contribution < 1.29 is 19.1 Å². The highest BCUT2D eigenvalue weighted by Crippen LogP contribution is 2.30. The molecule has 33 heavy (non-hydrogen) atoms. The third-order valence-electron chi connectivity index (χ3n) is 6.64. The van der Waals surface area contributed by atoms with Crippen LogP contribution in [-0.4, -0.2) is 64.2 Å². The average Bonchev–Trinajstić information content (AvgIpc) is 3.43. The van der Waals surface area contributed by atoms with Crippen LogP contribution < -0.4 is 10.6 Å². The number of carbonyl (C=O) groups excluding carboxylic acids is 1. The lowest BCUT2D eigenvalue weighted by Gasteiger charge is -2.32. The van der Waals surface area contributed by atoms with E-state index in [2.05, 4.69) is 27.8 Å². The number of piperidine rings is 1. The molecule has 0 saturated carbocycles. The molecular formula is C24H29N5O4. The summed E-state index contributed by atoms with van der Waals surface area (Å²) in [4.78, 5) is 32.5. The zero-order chi connectivity index (χ0) is 22.8. The number of nitrogens with one attached hydrogen (secondary N) is 2. The SMILES string of the molecule is O=C(O)C[C@@H](c1cnc2ccoc2c1)N1CCN(CCCC2=CC=C3CCCNC3N2)C1=O. The van der Waals surface area contributed by atoms with Gasteiger partial charge in [0.2, 0.25) is 0 Å². The van der Waals surface area contributed by atoms with Crippen molar-refractivity contribution in [3.8, 4) is 0 Å². The van der Waals surface area contributed by atoms with Crippen LogP contribution in [0.15, 0.2) is 52.4 Å². The number of carboxylic acid groups (broad SMARTS) is 1. The van der Waals surface area contributed by atoms with Gasteiger partial charge in [0.05, 0.1) is 24.9 Å². The van der Waals surface area contributed by atoms with Crippen molar-refractivity contribution in [2.75, 3.05) is 26.2 Å². The van der Waals surface area contributed by atoms with Crippen LogP contribution >= 0.6 is 0 Å². The fraction of sp³-hybridized carbons (Fsp3) is 0.458. The van der Waals surface area contributed by atoms with E-state index >= 15 is 0 Å². The first-order valence-corrected chi connectivity index (χ1v) is 11.6. The molecule has 1 unspecified atom stereocenters. The molecule has 9 nitrogen and oxygen atoms in total. The Balaban J connectivity index is 1.21. The zero-order valence-corrected chi connectivity index (χ0v) is 18.5. The molecule has 2 amide bonds. The van der Waals surface area contributed by atoms with Gasteiger partial charge in [0, 0.05) is 37.6 Å². The number of dihydropyridines is 1. The largest absolute Gasteiger partial charge is 0.481 e. The molecule has 5 heterocycles. The summed E-state index contributed by atoms with van der Waals surface area (Å²) < 4.78 is 5.42. The van der Waals surface area contributed by atoms with Crippen molar-refractivity contribution in [1.29, 1.82) is 0 Å². The Morgan fingerprint density at radius 3 is 3.12 bits per heavy atom. The Labute approximate surface area is 192 Å². The molecule has 3 aliphatic rings. The van der Waals surface area contributed by atoms with Crippen LogP contribution in [0.1, 0.15) is 43.7 Å². The van der Waals surface area contributed by atoms with Crippen LogP contribution in [0.4, 0.5) is 4.79 Å². The number of aliphatic carboxylic acids is 1. The van der Waals surface area contributed by atoms with E-state index in [-0.39, 0.29) is 18.6 Å². The molecule has 174 valence electrons. The second-order valence-electron chi connectivity index (χ2n) is 8.82. The molecule has 2 aromatic heterocycles. The van der Waals surface area contributed by atoms with Crippen molar-refractivity contribution >= 4 is 23.1 Å². The van der Waals surface area contributed by atoms with Crippen LogP contribution in [0.25, 0.3) is 11.1 Å². The van der Waals surface area contributed by atoms with E-state index in [4.69, 9.17) is 4.42 Å². The Bertz CT molecular complexity index is 1110.